The van der Waals surface area contributed by atoms with Crippen molar-refractivity contribution in [3.8, 4) is 22.9 Å². The molecule has 3 atom stereocenters. The lowest BCUT2D eigenvalue weighted by Gasteiger charge is -2.39. The Morgan fingerprint density at radius 2 is 1.69 bits per heavy atom. The molecule has 0 aliphatic carbocycles. The molecule has 0 radical (unpaired) electrons. The molecule has 4 heterocycles. The fourth-order valence-corrected chi connectivity index (χ4v) is 7.66. The van der Waals surface area contributed by atoms with E-state index >= 15 is 0 Å². The topological polar surface area (TPSA) is 136 Å². The number of nitrogens with one attached hydrogen (secondary N) is 1. The molecule has 2 aromatic heterocycles. The number of aromatic nitrogens is 4. The van der Waals surface area contributed by atoms with Crippen LogP contribution in [0.2, 0.25) is 0 Å². The van der Waals surface area contributed by atoms with Crippen LogP contribution < -0.4 is 14.2 Å². The van der Waals surface area contributed by atoms with E-state index < -0.39 is 28.2 Å². The first-order valence-corrected chi connectivity index (χ1v) is 17.9. The van der Waals surface area contributed by atoms with E-state index in [-0.39, 0.29) is 40.2 Å². The molecule has 4 aromatic rings. The maximum atomic E-state index is 14.7. The summed E-state index contributed by atoms with van der Waals surface area (Å²) in [7, 11) is -4.18. The molecule has 12 heteroatoms. The van der Waals surface area contributed by atoms with Crippen LogP contribution in [0, 0.1) is 19.8 Å². The Bertz CT molecular complexity index is 1890. The number of rotatable bonds is 6. The predicted molar refractivity (Wildman–Crippen MR) is 182 cm³/mol. The molecule has 2 aliphatic rings. The number of carbonyl (C=O) groups is 1. The summed E-state index contributed by atoms with van der Waals surface area (Å²) in [6.07, 6.45) is 5.36. The van der Waals surface area contributed by atoms with Gasteiger partial charge in [-0.25, -0.2) is 28.1 Å². The summed E-state index contributed by atoms with van der Waals surface area (Å²) < 4.78 is 42.6. The average Bonchev–Trinajstić information content (AvgIpc) is 3.19. The number of ether oxygens (including phenoxy) is 2. The molecule has 1 fully saturated rings. The van der Waals surface area contributed by atoms with Gasteiger partial charge in [-0.2, -0.15) is 4.98 Å². The highest BCUT2D eigenvalue weighted by Gasteiger charge is 2.42. The Labute approximate surface area is 282 Å². The number of sulfonamides is 1. The standard InChI is InChI=1S/C36H42N6O5S/c1-21(2)16-30-31-15-9-14-29(34-37-19-26(20-38-34)46-22(3)4)42(30)35(43)25-12-8-13-27(17-25)48(44,45)41-36-39-28(18-32(40-36)47-31)33-23(5)10-7-11-24(33)6/h7-8,10-13,17-22,29-31H,9,14-16H2,1-6H3,(H,39,40,41). The minimum absolute atomic E-state index is 0.0398. The normalized spacial score (nSPS) is 20.5. The van der Waals surface area contributed by atoms with Crippen LogP contribution in [-0.2, 0) is 10.0 Å². The third-order valence-corrected chi connectivity index (χ3v) is 10.0. The fraction of sp³-hybridized carbons (Fsp3) is 0.417. The van der Waals surface area contributed by atoms with Crippen molar-refractivity contribution in [3.63, 3.8) is 0 Å². The van der Waals surface area contributed by atoms with Crippen LogP contribution in [-0.4, -0.2) is 57.4 Å². The lowest BCUT2D eigenvalue weighted by Crippen LogP contribution is -2.50. The van der Waals surface area contributed by atoms with Gasteiger partial charge < -0.3 is 14.4 Å². The summed E-state index contributed by atoms with van der Waals surface area (Å²) in [6, 6.07) is 12.9. The van der Waals surface area contributed by atoms with Gasteiger partial charge in [0, 0.05) is 17.2 Å². The lowest BCUT2D eigenvalue weighted by molar-refractivity contribution is 0.0257. The van der Waals surface area contributed by atoms with Gasteiger partial charge >= 0.3 is 0 Å². The molecule has 2 aliphatic heterocycles. The van der Waals surface area contributed by atoms with Gasteiger partial charge in [-0.15, -0.1) is 0 Å². The number of hydrogen-bond donors (Lipinski definition) is 1. The van der Waals surface area contributed by atoms with Crippen molar-refractivity contribution in [1.82, 2.24) is 24.8 Å². The number of carbonyl (C=O) groups excluding carboxylic acids is 1. The van der Waals surface area contributed by atoms with Gasteiger partial charge in [-0.3, -0.25) is 4.79 Å². The van der Waals surface area contributed by atoms with E-state index in [4.69, 9.17) is 9.47 Å². The molecule has 2 aromatic carbocycles. The zero-order valence-electron chi connectivity index (χ0n) is 28.2. The summed E-state index contributed by atoms with van der Waals surface area (Å²) in [4.78, 5) is 35.0. The zero-order chi connectivity index (χ0) is 34.2. The fourth-order valence-electron chi connectivity index (χ4n) is 6.67. The van der Waals surface area contributed by atoms with Gasteiger partial charge in [-0.05, 0) is 88.6 Å². The Morgan fingerprint density at radius 3 is 2.38 bits per heavy atom. The molecule has 0 spiro atoms. The molecular weight excluding hydrogens is 629 g/mol. The second-order valence-electron chi connectivity index (χ2n) is 13.3. The summed E-state index contributed by atoms with van der Waals surface area (Å²) in [5.74, 6) is 1.03. The minimum Gasteiger partial charge on any atom is -0.488 e. The second kappa shape index (κ2) is 13.5. The zero-order valence-corrected chi connectivity index (χ0v) is 29.0. The van der Waals surface area contributed by atoms with Crippen molar-refractivity contribution >= 4 is 21.9 Å². The van der Waals surface area contributed by atoms with Crippen LogP contribution in [0.4, 0.5) is 5.95 Å². The van der Waals surface area contributed by atoms with E-state index in [1.165, 1.54) is 12.1 Å². The Balaban J connectivity index is 1.54. The minimum atomic E-state index is -4.18. The Hall–Kier alpha value is -4.58. The number of hydrogen-bond acceptors (Lipinski definition) is 9. The van der Waals surface area contributed by atoms with Crippen molar-refractivity contribution in [1.29, 1.82) is 0 Å². The number of nitrogens with zero attached hydrogens (tertiary/aromatic N) is 5. The average molecular weight is 671 g/mol. The third-order valence-electron chi connectivity index (χ3n) is 8.68. The molecule has 1 N–H and O–H groups in total. The molecular formula is C36H42N6O5S. The molecule has 252 valence electrons. The van der Waals surface area contributed by atoms with Crippen LogP contribution in [0.1, 0.15) is 86.7 Å². The van der Waals surface area contributed by atoms with Gasteiger partial charge in [0.2, 0.25) is 11.8 Å². The number of anilines is 1. The van der Waals surface area contributed by atoms with Gasteiger partial charge in [0.1, 0.15) is 6.10 Å². The maximum absolute atomic E-state index is 14.7. The van der Waals surface area contributed by atoms with Gasteiger partial charge in [0.05, 0.1) is 41.2 Å². The van der Waals surface area contributed by atoms with E-state index in [0.717, 1.165) is 23.1 Å². The largest absolute Gasteiger partial charge is 0.488 e. The van der Waals surface area contributed by atoms with Gasteiger partial charge in [-0.1, -0.05) is 38.1 Å². The third kappa shape index (κ3) is 6.99. The van der Waals surface area contributed by atoms with E-state index in [1.54, 1.807) is 30.6 Å². The lowest BCUT2D eigenvalue weighted by atomic mass is 9.95. The molecule has 1 saturated heterocycles. The van der Waals surface area contributed by atoms with E-state index in [1.807, 2.05) is 50.8 Å². The number of amides is 1. The summed E-state index contributed by atoms with van der Waals surface area (Å²) in [5.41, 5.74) is 3.61. The highest BCUT2D eigenvalue weighted by molar-refractivity contribution is 7.92. The van der Waals surface area contributed by atoms with Crippen LogP contribution >= 0.6 is 0 Å². The second-order valence-corrected chi connectivity index (χ2v) is 15.0. The van der Waals surface area contributed by atoms with Crippen molar-refractivity contribution in [2.75, 3.05) is 4.72 Å². The SMILES string of the molecule is Cc1cccc(C)c1-c1cc2nc(n1)NS(=O)(=O)c1cccc(c1)C(=O)N1C(c3ncc(OC(C)C)cn3)CCCC(O2)C1CC(C)C. The number of fused-ring (bicyclic) bond motifs is 6. The smallest absolute Gasteiger partial charge is 0.264 e. The summed E-state index contributed by atoms with van der Waals surface area (Å²) >= 11 is 0. The Morgan fingerprint density at radius 1 is 0.979 bits per heavy atom. The maximum Gasteiger partial charge on any atom is 0.264 e. The van der Waals surface area contributed by atoms with Crippen LogP contribution in [0.3, 0.4) is 0 Å². The summed E-state index contributed by atoms with van der Waals surface area (Å²) in [5, 5.41) is 0. The van der Waals surface area contributed by atoms with E-state index in [9.17, 15) is 13.2 Å². The van der Waals surface area contributed by atoms with Crippen molar-refractivity contribution in [2.24, 2.45) is 5.92 Å². The number of aryl methyl sites for hydroxylation is 2. The molecule has 1 amide bonds. The molecule has 48 heavy (non-hydrogen) atoms. The van der Waals surface area contributed by atoms with Gasteiger partial charge in [0.15, 0.2) is 11.6 Å². The molecule has 3 unspecified atom stereocenters. The summed E-state index contributed by atoms with van der Waals surface area (Å²) in [6.45, 7) is 12.1. The van der Waals surface area contributed by atoms with Crippen LogP contribution in [0.5, 0.6) is 11.6 Å². The highest BCUT2D eigenvalue weighted by Crippen LogP contribution is 2.39. The quantitative estimate of drug-likeness (QED) is 0.238. The first kappa shape index (κ1) is 33.3. The monoisotopic (exact) mass is 670 g/mol. The van der Waals surface area contributed by atoms with E-state index in [0.29, 0.717) is 36.5 Å². The highest BCUT2D eigenvalue weighted by atomic mass is 32.2. The van der Waals surface area contributed by atoms with Gasteiger partial charge in [0.25, 0.3) is 15.9 Å². The predicted octanol–water partition coefficient (Wildman–Crippen LogP) is 6.68. The van der Waals surface area contributed by atoms with E-state index in [2.05, 4.69) is 38.5 Å². The molecule has 0 saturated carbocycles. The van der Waals surface area contributed by atoms with Crippen LogP contribution in [0.25, 0.3) is 11.3 Å². The van der Waals surface area contributed by atoms with Crippen LogP contribution in [0.15, 0.2) is 65.8 Å². The number of benzene rings is 2. The first-order chi connectivity index (χ1) is 22.9. The molecule has 11 nitrogen and oxygen atoms in total. The first-order valence-electron chi connectivity index (χ1n) is 16.5. The molecule has 6 bridgehead atoms. The molecule has 6 rings (SSSR count). The van der Waals surface area contributed by atoms with Crippen molar-refractivity contribution < 1.29 is 22.7 Å². The van der Waals surface area contributed by atoms with Crippen molar-refractivity contribution in [3.05, 3.63) is 83.4 Å². The Kier molecular flexibility index (Phi) is 9.37. The van der Waals surface area contributed by atoms with Crippen molar-refractivity contribution in [2.45, 2.75) is 96.4 Å².